The number of para-hydroxylation sites is 2. The van der Waals surface area contributed by atoms with E-state index in [2.05, 4.69) is 9.97 Å². The van der Waals surface area contributed by atoms with Gasteiger partial charge in [-0.2, -0.15) is 0 Å². The van der Waals surface area contributed by atoms with E-state index in [1.54, 1.807) is 16.7 Å². The largest absolute Gasteiger partial charge is 0.448 e. The van der Waals surface area contributed by atoms with E-state index in [4.69, 9.17) is 4.74 Å². The second kappa shape index (κ2) is 5.52. The molecule has 1 saturated heterocycles. The number of aromatic nitrogens is 2. The van der Waals surface area contributed by atoms with E-state index < -0.39 is 0 Å². The van der Waals surface area contributed by atoms with Crippen molar-refractivity contribution < 1.29 is 9.53 Å². The van der Waals surface area contributed by atoms with E-state index in [1.165, 1.54) is 0 Å². The maximum atomic E-state index is 11.2. The molecule has 3 rings (SSSR count). The number of thioether (sulfide) groups is 1. The summed E-state index contributed by atoms with van der Waals surface area (Å²) < 4.78 is 4.88. The lowest BCUT2D eigenvalue weighted by Crippen LogP contribution is -2.25. The molecule has 0 aliphatic carbocycles. The highest BCUT2D eigenvalue weighted by Gasteiger charge is 2.20. The van der Waals surface area contributed by atoms with Gasteiger partial charge >= 0.3 is 6.09 Å². The minimum Gasteiger partial charge on any atom is -0.448 e. The molecule has 19 heavy (non-hydrogen) atoms. The van der Waals surface area contributed by atoms with Gasteiger partial charge in [0.1, 0.15) is 6.61 Å². The fourth-order valence-electron chi connectivity index (χ4n) is 2.05. The van der Waals surface area contributed by atoms with Crippen LogP contribution in [-0.2, 0) is 4.74 Å². The quantitative estimate of drug-likeness (QED) is 0.674. The summed E-state index contributed by atoms with van der Waals surface area (Å²) in [6.45, 7) is 2.00. The van der Waals surface area contributed by atoms with Crippen molar-refractivity contribution in [2.45, 2.75) is 11.6 Å². The molecule has 1 aliphatic heterocycles. The molecular weight excluding hydrogens is 262 g/mol. The van der Waals surface area contributed by atoms with Crippen LogP contribution in [-0.4, -0.2) is 46.4 Å². The number of benzene rings is 1. The number of amides is 1. The molecule has 1 N–H and O–H groups in total. The van der Waals surface area contributed by atoms with Crippen LogP contribution >= 0.6 is 11.8 Å². The summed E-state index contributed by atoms with van der Waals surface area (Å²) in [5, 5.41) is 0.935. The van der Waals surface area contributed by atoms with Crippen molar-refractivity contribution in [1.29, 1.82) is 0 Å². The molecule has 1 aliphatic rings. The molecule has 2 heterocycles. The van der Waals surface area contributed by atoms with Gasteiger partial charge in [0.05, 0.1) is 17.6 Å². The van der Waals surface area contributed by atoms with Crippen LogP contribution < -0.4 is 0 Å². The average molecular weight is 277 g/mol. The Morgan fingerprint density at radius 1 is 1.42 bits per heavy atom. The first kappa shape index (κ1) is 12.3. The third kappa shape index (κ3) is 2.84. The molecule has 0 saturated carbocycles. The monoisotopic (exact) mass is 277 g/mol. The number of carbonyl (C=O) groups excluding carboxylic acids is 1. The van der Waals surface area contributed by atoms with Gasteiger partial charge in [0.15, 0.2) is 5.16 Å². The first-order valence-electron chi connectivity index (χ1n) is 6.32. The van der Waals surface area contributed by atoms with Crippen molar-refractivity contribution in [3.8, 4) is 0 Å². The number of fused-ring (bicyclic) bond motifs is 1. The summed E-state index contributed by atoms with van der Waals surface area (Å²) in [4.78, 5) is 20.8. The summed E-state index contributed by atoms with van der Waals surface area (Å²) in [7, 11) is 0. The van der Waals surface area contributed by atoms with Gasteiger partial charge in [-0.05, 0) is 18.6 Å². The van der Waals surface area contributed by atoms with Crippen molar-refractivity contribution in [3.63, 3.8) is 0 Å². The number of imidazole rings is 1. The van der Waals surface area contributed by atoms with E-state index in [0.717, 1.165) is 34.9 Å². The number of nitrogens with one attached hydrogen (secondary N) is 1. The highest BCUT2D eigenvalue weighted by molar-refractivity contribution is 7.99. The van der Waals surface area contributed by atoms with Gasteiger partial charge < -0.3 is 14.6 Å². The van der Waals surface area contributed by atoms with Crippen LogP contribution in [0.4, 0.5) is 4.79 Å². The Bertz CT molecular complexity index is 551. The number of H-pyrrole nitrogens is 1. The fraction of sp³-hybridized carbons (Fsp3) is 0.385. The van der Waals surface area contributed by atoms with Gasteiger partial charge in [-0.25, -0.2) is 9.78 Å². The van der Waals surface area contributed by atoms with E-state index in [1.807, 2.05) is 24.3 Å². The Hall–Kier alpha value is -1.69. The lowest BCUT2D eigenvalue weighted by atomic mass is 10.3. The number of carbonyl (C=O) groups is 1. The Kier molecular flexibility index (Phi) is 3.59. The van der Waals surface area contributed by atoms with E-state index in [-0.39, 0.29) is 6.09 Å². The minimum atomic E-state index is -0.186. The van der Waals surface area contributed by atoms with Crippen molar-refractivity contribution in [1.82, 2.24) is 14.9 Å². The minimum absolute atomic E-state index is 0.186. The molecule has 1 aromatic carbocycles. The van der Waals surface area contributed by atoms with Gasteiger partial charge in [-0.3, -0.25) is 0 Å². The first-order valence-corrected chi connectivity index (χ1v) is 7.31. The fourth-order valence-corrected chi connectivity index (χ4v) is 2.86. The Morgan fingerprint density at radius 3 is 3.11 bits per heavy atom. The summed E-state index contributed by atoms with van der Waals surface area (Å²) >= 11 is 1.69. The van der Waals surface area contributed by atoms with Crippen LogP contribution in [0, 0.1) is 0 Å². The zero-order valence-corrected chi connectivity index (χ0v) is 11.3. The average Bonchev–Trinajstić information content (AvgIpc) is 3.00. The number of ether oxygens (including phenoxy) is 1. The lowest BCUT2D eigenvalue weighted by molar-refractivity contribution is 0.158. The summed E-state index contributed by atoms with van der Waals surface area (Å²) in [5.41, 5.74) is 2.06. The van der Waals surface area contributed by atoms with E-state index in [9.17, 15) is 4.79 Å². The van der Waals surface area contributed by atoms with E-state index >= 15 is 0 Å². The zero-order valence-electron chi connectivity index (χ0n) is 10.5. The number of cyclic esters (lactones) is 1. The van der Waals surface area contributed by atoms with E-state index in [0.29, 0.717) is 13.2 Å². The van der Waals surface area contributed by atoms with Gasteiger partial charge in [-0.15, -0.1) is 0 Å². The van der Waals surface area contributed by atoms with Gasteiger partial charge in [-0.1, -0.05) is 23.9 Å². The van der Waals surface area contributed by atoms with Crippen LogP contribution in [0.15, 0.2) is 29.4 Å². The number of rotatable bonds is 5. The maximum Gasteiger partial charge on any atom is 0.409 e. The molecule has 1 fully saturated rings. The second-order valence-corrected chi connectivity index (χ2v) is 5.45. The maximum absolute atomic E-state index is 11.2. The molecule has 0 radical (unpaired) electrons. The van der Waals surface area contributed by atoms with Crippen LogP contribution in [0.2, 0.25) is 0 Å². The molecule has 1 aromatic heterocycles. The summed E-state index contributed by atoms with van der Waals surface area (Å²) in [6.07, 6.45) is 0.755. The number of nitrogens with zero attached hydrogens (tertiary/aromatic N) is 2. The number of hydrogen-bond donors (Lipinski definition) is 1. The third-order valence-corrected chi connectivity index (χ3v) is 3.98. The normalized spacial score (nSPS) is 15.2. The van der Waals surface area contributed by atoms with Crippen molar-refractivity contribution >= 4 is 28.9 Å². The highest BCUT2D eigenvalue weighted by Crippen LogP contribution is 2.20. The number of aromatic amines is 1. The number of hydrogen-bond acceptors (Lipinski definition) is 4. The first-order chi connectivity index (χ1) is 9.33. The second-order valence-electron chi connectivity index (χ2n) is 4.36. The molecular formula is C13H15N3O2S. The predicted molar refractivity (Wildman–Crippen MR) is 74.4 cm³/mol. The predicted octanol–water partition coefficient (Wildman–Crippen LogP) is 2.50. The molecule has 0 spiro atoms. The zero-order chi connectivity index (χ0) is 13.1. The van der Waals surface area contributed by atoms with Crippen LogP contribution in [0.25, 0.3) is 11.0 Å². The SMILES string of the molecule is O=C1OCCN1CCCSc1nc2ccccc2[nH]1. The highest BCUT2D eigenvalue weighted by atomic mass is 32.2. The molecule has 6 heteroatoms. The molecule has 100 valence electrons. The molecule has 0 atom stereocenters. The summed E-state index contributed by atoms with van der Waals surface area (Å²) in [5.74, 6) is 0.934. The Labute approximate surface area is 115 Å². The molecule has 0 unspecified atom stereocenters. The summed E-state index contributed by atoms with van der Waals surface area (Å²) in [6, 6.07) is 7.99. The topological polar surface area (TPSA) is 58.2 Å². The van der Waals surface area contributed by atoms with Crippen LogP contribution in [0.5, 0.6) is 0 Å². The van der Waals surface area contributed by atoms with Crippen molar-refractivity contribution in [2.24, 2.45) is 0 Å². The lowest BCUT2D eigenvalue weighted by Gasteiger charge is -2.11. The van der Waals surface area contributed by atoms with Crippen LogP contribution in [0.3, 0.4) is 0 Å². The molecule has 5 nitrogen and oxygen atoms in total. The Balaban J connectivity index is 1.48. The third-order valence-electron chi connectivity index (χ3n) is 3.02. The smallest absolute Gasteiger partial charge is 0.409 e. The van der Waals surface area contributed by atoms with Crippen molar-refractivity contribution in [3.05, 3.63) is 24.3 Å². The van der Waals surface area contributed by atoms with Crippen LogP contribution in [0.1, 0.15) is 6.42 Å². The molecule has 0 bridgehead atoms. The molecule has 2 aromatic rings. The van der Waals surface area contributed by atoms with Gasteiger partial charge in [0, 0.05) is 12.3 Å². The Morgan fingerprint density at radius 2 is 2.32 bits per heavy atom. The van der Waals surface area contributed by atoms with Crippen molar-refractivity contribution in [2.75, 3.05) is 25.4 Å². The van der Waals surface area contributed by atoms with Gasteiger partial charge in [0.25, 0.3) is 0 Å². The standard InChI is InChI=1S/C13H15N3O2S/c17-13-16(7-8-18-13)6-3-9-19-12-14-10-4-1-2-5-11(10)15-12/h1-2,4-5H,3,6-9H2,(H,14,15). The van der Waals surface area contributed by atoms with Gasteiger partial charge in [0.2, 0.25) is 0 Å². The molecule has 1 amide bonds.